The standard InChI is InChI=1S/C13H19N5O2/c1-3-8-17-13(12(18(19)20)10(2)15-17)16(9-4-7-14)11-5-6-11/h11H,3-6,8-9H2,1-2H3. The zero-order valence-electron chi connectivity index (χ0n) is 11.9. The van der Waals surface area contributed by atoms with Gasteiger partial charge >= 0.3 is 5.69 Å². The van der Waals surface area contributed by atoms with Gasteiger partial charge in [0, 0.05) is 19.1 Å². The minimum Gasteiger partial charge on any atom is -0.347 e. The number of anilines is 1. The molecule has 0 N–H and O–H groups in total. The fraction of sp³-hybridized carbons (Fsp3) is 0.692. The van der Waals surface area contributed by atoms with Crippen LogP contribution >= 0.6 is 0 Å². The third kappa shape index (κ3) is 2.74. The van der Waals surface area contributed by atoms with Gasteiger partial charge in [-0.3, -0.25) is 10.1 Å². The predicted octanol–water partition coefficient (Wildman–Crippen LogP) is 2.39. The first-order valence-corrected chi connectivity index (χ1v) is 6.95. The lowest BCUT2D eigenvalue weighted by atomic mass is 10.3. The zero-order chi connectivity index (χ0) is 14.7. The van der Waals surface area contributed by atoms with Crippen molar-refractivity contribution in [1.29, 1.82) is 5.26 Å². The van der Waals surface area contributed by atoms with Gasteiger partial charge in [0.25, 0.3) is 0 Å². The maximum absolute atomic E-state index is 11.3. The first-order valence-electron chi connectivity index (χ1n) is 6.95. The minimum atomic E-state index is -0.356. The summed E-state index contributed by atoms with van der Waals surface area (Å²) in [6.45, 7) is 4.86. The molecule has 0 saturated heterocycles. The van der Waals surface area contributed by atoms with Crippen molar-refractivity contribution in [2.24, 2.45) is 0 Å². The molecule has 0 radical (unpaired) electrons. The molecule has 1 aromatic heterocycles. The van der Waals surface area contributed by atoms with Gasteiger partial charge in [-0.1, -0.05) is 6.92 Å². The van der Waals surface area contributed by atoms with Gasteiger partial charge in [0.2, 0.25) is 5.82 Å². The van der Waals surface area contributed by atoms with E-state index in [-0.39, 0.29) is 10.6 Å². The molecule has 108 valence electrons. The van der Waals surface area contributed by atoms with Crippen LogP contribution in [0.15, 0.2) is 0 Å². The van der Waals surface area contributed by atoms with E-state index >= 15 is 0 Å². The molecule has 0 amide bonds. The van der Waals surface area contributed by atoms with E-state index < -0.39 is 0 Å². The number of nitriles is 1. The van der Waals surface area contributed by atoms with E-state index in [1.165, 1.54) is 0 Å². The van der Waals surface area contributed by atoms with Crippen molar-refractivity contribution in [2.75, 3.05) is 11.4 Å². The molecule has 0 aromatic carbocycles. The minimum absolute atomic E-state index is 0.0864. The van der Waals surface area contributed by atoms with Crippen molar-refractivity contribution in [3.63, 3.8) is 0 Å². The number of hydrogen-bond donors (Lipinski definition) is 0. The Morgan fingerprint density at radius 1 is 1.60 bits per heavy atom. The lowest BCUT2D eigenvalue weighted by Crippen LogP contribution is -2.30. The van der Waals surface area contributed by atoms with Crippen LogP contribution < -0.4 is 4.90 Å². The van der Waals surface area contributed by atoms with Crippen molar-refractivity contribution in [3.8, 4) is 6.07 Å². The number of hydrogen-bond acceptors (Lipinski definition) is 5. The van der Waals surface area contributed by atoms with E-state index in [0.29, 0.717) is 37.1 Å². The summed E-state index contributed by atoms with van der Waals surface area (Å²) in [7, 11) is 0. The van der Waals surface area contributed by atoms with Crippen LogP contribution in [0.1, 0.15) is 38.3 Å². The van der Waals surface area contributed by atoms with Crippen LogP contribution in [0.5, 0.6) is 0 Å². The molecular weight excluding hydrogens is 258 g/mol. The summed E-state index contributed by atoms with van der Waals surface area (Å²) < 4.78 is 1.73. The molecule has 1 fully saturated rings. The number of aryl methyl sites for hydroxylation is 2. The first-order chi connectivity index (χ1) is 9.60. The van der Waals surface area contributed by atoms with Crippen molar-refractivity contribution < 1.29 is 4.92 Å². The Bertz CT molecular complexity index is 542. The molecule has 20 heavy (non-hydrogen) atoms. The molecule has 0 atom stereocenters. The van der Waals surface area contributed by atoms with Gasteiger partial charge in [-0.05, 0) is 26.2 Å². The molecule has 0 aliphatic heterocycles. The van der Waals surface area contributed by atoms with Gasteiger partial charge in [-0.15, -0.1) is 0 Å². The van der Waals surface area contributed by atoms with Gasteiger partial charge in [0.05, 0.1) is 17.4 Å². The summed E-state index contributed by atoms with van der Waals surface area (Å²) in [5.74, 6) is 0.576. The second kappa shape index (κ2) is 5.90. The van der Waals surface area contributed by atoms with Crippen LogP contribution in [0.4, 0.5) is 11.5 Å². The largest absolute Gasteiger partial charge is 0.347 e. The van der Waals surface area contributed by atoms with Gasteiger partial charge in [0.1, 0.15) is 5.69 Å². The number of nitrogens with zero attached hydrogens (tertiary/aromatic N) is 5. The first kappa shape index (κ1) is 14.3. The van der Waals surface area contributed by atoms with Gasteiger partial charge in [-0.2, -0.15) is 10.4 Å². The Balaban J connectivity index is 2.44. The predicted molar refractivity (Wildman–Crippen MR) is 74.5 cm³/mol. The summed E-state index contributed by atoms with van der Waals surface area (Å²) >= 11 is 0. The highest BCUT2D eigenvalue weighted by atomic mass is 16.6. The third-order valence-corrected chi connectivity index (χ3v) is 3.41. The molecule has 1 heterocycles. The molecule has 2 rings (SSSR count). The third-order valence-electron chi connectivity index (χ3n) is 3.41. The average molecular weight is 277 g/mol. The van der Waals surface area contributed by atoms with Crippen LogP contribution in [0.25, 0.3) is 0 Å². The molecule has 0 unspecified atom stereocenters. The van der Waals surface area contributed by atoms with Crippen molar-refractivity contribution >= 4 is 11.5 Å². The molecule has 1 aliphatic carbocycles. The molecule has 0 spiro atoms. The number of aromatic nitrogens is 2. The second-order valence-electron chi connectivity index (χ2n) is 5.07. The summed E-state index contributed by atoms with van der Waals surface area (Å²) in [4.78, 5) is 13.0. The average Bonchev–Trinajstić information content (AvgIpc) is 3.16. The normalized spacial score (nSPS) is 14.1. The number of nitro groups is 1. The zero-order valence-corrected chi connectivity index (χ0v) is 11.9. The Labute approximate surface area is 117 Å². The Morgan fingerprint density at radius 2 is 2.30 bits per heavy atom. The Kier molecular flexibility index (Phi) is 4.23. The SMILES string of the molecule is CCCn1nc(C)c([N+](=O)[O-])c1N(CCC#N)C1CC1. The smallest absolute Gasteiger partial charge is 0.333 e. The van der Waals surface area contributed by atoms with Crippen molar-refractivity contribution in [3.05, 3.63) is 15.8 Å². The maximum Gasteiger partial charge on any atom is 0.333 e. The van der Waals surface area contributed by atoms with Crippen LogP contribution in [0.2, 0.25) is 0 Å². The second-order valence-corrected chi connectivity index (χ2v) is 5.07. The summed E-state index contributed by atoms with van der Waals surface area (Å²) in [5, 5.41) is 24.4. The highest BCUT2D eigenvalue weighted by molar-refractivity contribution is 5.62. The van der Waals surface area contributed by atoms with Crippen LogP contribution in [0, 0.1) is 28.4 Å². The molecular formula is C13H19N5O2. The van der Waals surface area contributed by atoms with E-state index in [1.54, 1.807) is 11.6 Å². The molecule has 1 saturated carbocycles. The lowest BCUT2D eigenvalue weighted by molar-refractivity contribution is -0.384. The summed E-state index contributed by atoms with van der Waals surface area (Å²) in [6.07, 6.45) is 3.28. The number of rotatable bonds is 7. The molecule has 7 heteroatoms. The van der Waals surface area contributed by atoms with E-state index in [4.69, 9.17) is 5.26 Å². The monoisotopic (exact) mass is 277 g/mol. The fourth-order valence-corrected chi connectivity index (χ4v) is 2.44. The van der Waals surface area contributed by atoms with E-state index in [9.17, 15) is 10.1 Å². The summed E-state index contributed by atoms with van der Waals surface area (Å²) in [6, 6.07) is 2.43. The van der Waals surface area contributed by atoms with Crippen LogP contribution in [0.3, 0.4) is 0 Å². The molecule has 1 aliphatic rings. The van der Waals surface area contributed by atoms with Crippen molar-refractivity contribution in [1.82, 2.24) is 9.78 Å². The highest BCUT2D eigenvalue weighted by Crippen LogP contribution is 2.38. The van der Waals surface area contributed by atoms with E-state index in [1.807, 2.05) is 11.8 Å². The highest BCUT2D eigenvalue weighted by Gasteiger charge is 2.37. The lowest BCUT2D eigenvalue weighted by Gasteiger charge is -2.23. The quantitative estimate of drug-likeness (QED) is 0.564. The summed E-state index contributed by atoms with van der Waals surface area (Å²) in [5.41, 5.74) is 0.532. The molecule has 7 nitrogen and oxygen atoms in total. The van der Waals surface area contributed by atoms with Gasteiger partial charge < -0.3 is 4.90 Å². The topological polar surface area (TPSA) is 88.0 Å². The fourth-order valence-electron chi connectivity index (χ4n) is 2.44. The van der Waals surface area contributed by atoms with Crippen molar-refractivity contribution in [2.45, 2.75) is 52.1 Å². The van der Waals surface area contributed by atoms with Crippen LogP contribution in [-0.4, -0.2) is 27.3 Å². The maximum atomic E-state index is 11.3. The van der Waals surface area contributed by atoms with E-state index in [0.717, 1.165) is 19.3 Å². The molecule has 1 aromatic rings. The molecule has 0 bridgehead atoms. The van der Waals surface area contributed by atoms with Crippen LogP contribution in [-0.2, 0) is 6.54 Å². The van der Waals surface area contributed by atoms with E-state index in [2.05, 4.69) is 11.2 Å². The Hall–Kier alpha value is -2.10. The van der Waals surface area contributed by atoms with Gasteiger partial charge in [-0.25, -0.2) is 4.68 Å². The Morgan fingerprint density at radius 3 is 2.80 bits per heavy atom. The van der Waals surface area contributed by atoms with Gasteiger partial charge in [0.15, 0.2) is 0 Å².